The second-order valence-corrected chi connectivity index (χ2v) is 4.96. The van der Waals surface area contributed by atoms with Crippen LogP contribution in [-0.2, 0) is 0 Å². The molecule has 1 aromatic carbocycles. The predicted molar refractivity (Wildman–Crippen MR) is 83.6 cm³/mol. The van der Waals surface area contributed by atoms with Gasteiger partial charge in [-0.1, -0.05) is 17.7 Å². The number of aromatic nitrogens is 2. The van der Waals surface area contributed by atoms with Crippen molar-refractivity contribution < 1.29 is 0 Å². The molecule has 7 heteroatoms. The molecule has 0 aliphatic carbocycles. The smallest absolute Gasteiger partial charge is 0.239 e. The van der Waals surface area contributed by atoms with E-state index in [4.69, 9.17) is 17.4 Å². The van der Waals surface area contributed by atoms with E-state index >= 15 is 0 Å². The number of rotatable bonds is 4. The van der Waals surface area contributed by atoms with E-state index in [-0.39, 0.29) is 0 Å². The van der Waals surface area contributed by atoms with Crippen molar-refractivity contribution in [3.63, 3.8) is 0 Å². The lowest BCUT2D eigenvalue weighted by molar-refractivity contribution is 1.11. The maximum atomic E-state index is 6.07. The van der Waals surface area contributed by atoms with Crippen LogP contribution in [0.2, 0.25) is 5.02 Å². The zero-order valence-electron chi connectivity index (χ0n) is 11.6. The minimum atomic E-state index is 0.303. The lowest BCUT2D eigenvalue weighted by Gasteiger charge is -2.17. The molecule has 6 nitrogen and oxygen atoms in total. The van der Waals surface area contributed by atoms with Crippen LogP contribution in [0.1, 0.15) is 5.56 Å². The summed E-state index contributed by atoms with van der Waals surface area (Å²) in [5.74, 6) is 6.10. The Morgan fingerprint density at radius 3 is 2.70 bits per heavy atom. The molecule has 0 radical (unpaired) electrons. The first-order chi connectivity index (χ1) is 9.51. The third-order valence-corrected chi connectivity index (χ3v) is 3.10. The molecule has 0 aliphatic rings. The highest BCUT2D eigenvalue weighted by molar-refractivity contribution is 6.32. The fourth-order valence-electron chi connectivity index (χ4n) is 1.83. The summed E-state index contributed by atoms with van der Waals surface area (Å²) in [7, 11) is 4.00. The fraction of sp³-hybridized carbons (Fsp3) is 0.231. The molecule has 0 saturated carbocycles. The van der Waals surface area contributed by atoms with Gasteiger partial charge in [-0.25, -0.2) is 10.8 Å². The molecule has 1 aromatic heterocycles. The molecule has 0 bridgehead atoms. The third kappa shape index (κ3) is 3.09. The summed E-state index contributed by atoms with van der Waals surface area (Å²) in [6.45, 7) is 2.06. The lowest BCUT2D eigenvalue weighted by atomic mass is 10.1. The summed E-state index contributed by atoms with van der Waals surface area (Å²) >= 11 is 6.07. The standard InChI is InChI=1S/C13H17ClN6/c1-8-4-5-9(6-11(8)20(2)3)17-12-10(14)7-16-13(18-12)19-15/h4-7H,15H2,1-3H3,(H2,16,17,18,19). The normalized spacial score (nSPS) is 10.2. The van der Waals surface area contributed by atoms with E-state index in [9.17, 15) is 0 Å². The first-order valence-electron chi connectivity index (χ1n) is 6.05. The molecule has 2 aromatic rings. The number of nitrogens with zero attached hydrogens (tertiary/aromatic N) is 3. The van der Waals surface area contributed by atoms with Gasteiger partial charge < -0.3 is 10.2 Å². The lowest BCUT2D eigenvalue weighted by Crippen LogP contribution is -2.12. The quantitative estimate of drug-likeness (QED) is 0.594. The molecule has 0 aliphatic heterocycles. The van der Waals surface area contributed by atoms with Crippen LogP contribution in [0.25, 0.3) is 0 Å². The molecule has 0 amide bonds. The molecule has 0 atom stereocenters. The summed E-state index contributed by atoms with van der Waals surface area (Å²) in [5.41, 5.74) is 5.60. The third-order valence-electron chi connectivity index (χ3n) is 2.83. The molecule has 20 heavy (non-hydrogen) atoms. The Hall–Kier alpha value is -2.05. The SMILES string of the molecule is Cc1ccc(Nc2nc(NN)ncc2Cl)cc1N(C)C. The number of anilines is 4. The Kier molecular flexibility index (Phi) is 4.26. The number of hydrogen-bond donors (Lipinski definition) is 3. The van der Waals surface area contributed by atoms with Gasteiger partial charge in [-0.15, -0.1) is 0 Å². The van der Waals surface area contributed by atoms with Crippen molar-refractivity contribution in [3.8, 4) is 0 Å². The molecule has 106 valence electrons. The summed E-state index contributed by atoms with van der Waals surface area (Å²) < 4.78 is 0. The van der Waals surface area contributed by atoms with Crippen molar-refractivity contribution in [1.82, 2.24) is 9.97 Å². The van der Waals surface area contributed by atoms with Crippen LogP contribution in [0.15, 0.2) is 24.4 Å². The number of benzene rings is 1. The number of aryl methyl sites for hydroxylation is 1. The van der Waals surface area contributed by atoms with Gasteiger partial charge in [0.1, 0.15) is 5.02 Å². The van der Waals surface area contributed by atoms with Crippen LogP contribution in [0.3, 0.4) is 0 Å². The summed E-state index contributed by atoms with van der Waals surface area (Å²) in [5, 5.41) is 3.59. The molecular formula is C13H17ClN6. The van der Waals surface area contributed by atoms with E-state index in [0.717, 1.165) is 11.4 Å². The summed E-state index contributed by atoms with van der Waals surface area (Å²) in [6, 6.07) is 6.04. The highest BCUT2D eigenvalue weighted by Crippen LogP contribution is 2.27. The van der Waals surface area contributed by atoms with Gasteiger partial charge in [0.15, 0.2) is 5.82 Å². The van der Waals surface area contributed by atoms with Crippen LogP contribution >= 0.6 is 11.6 Å². The Morgan fingerprint density at radius 2 is 2.05 bits per heavy atom. The van der Waals surface area contributed by atoms with Gasteiger partial charge >= 0.3 is 0 Å². The Bertz CT molecular complexity index is 614. The summed E-state index contributed by atoms with van der Waals surface area (Å²) in [4.78, 5) is 10.2. The van der Waals surface area contributed by atoms with Crippen molar-refractivity contribution >= 4 is 34.7 Å². The molecule has 4 N–H and O–H groups in total. The van der Waals surface area contributed by atoms with E-state index < -0.39 is 0 Å². The van der Waals surface area contributed by atoms with Gasteiger partial charge in [0, 0.05) is 25.5 Å². The largest absolute Gasteiger partial charge is 0.377 e. The van der Waals surface area contributed by atoms with Crippen LogP contribution < -0.4 is 21.5 Å². The van der Waals surface area contributed by atoms with Gasteiger partial charge in [-0.05, 0) is 24.6 Å². The molecule has 2 rings (SSSR count). The van der Waals surface area contributed by atoms with Gasteiger partial charge in [0.2, 0.25) is 5.95 Å². The van der Waals surface area contributed by atoms with Crippen molar-refractivity contribution in [1.29, 1.82) is 0 Å². The van der Waals surface area contributed by atoms with E-state index in [0.29, 0.717) is 16.8 Å². The second kappa shape index (κ2) is 5.94. The van der Waals surface area contributed by atoms with E-state index in [1.54, 1.807) is 0 Å². The van der Waals surface area contributed by atoms with Crippen LogP contribution in [-0.4, -0.2) is 24.1 Å². The molecule has 0 saturated heterocycles. The first-order valence-corrected chi connectivity index (χ1v) is 6.43. The second-order valence-electron chi connectivity index (χ2n) is 4.56. The molecular weight excluding hydrogens is 276 g/mol. The summed E-state index contributed by atoms with van der Waals surface area (Å²) in [6.07, 6.45) is 1.49. The topological polar surface area (TPSA) is 79.1 Å². The molecule has 1 heterocycles. The minimum absolute atomic E-state index is 0.303. The molecule has 0 spiro atoms. The Balaban J connectivity index is 2.32. The van der Waals surface area contributed by atoms with Crippen LogP contribution in [0.5, 0.6) is 0 Å². The minimum Gasteiger partial charge on any atom is -0.377 e. The monoisotopic (exact) mass is 292 g/mol. The highest BCUT2D eigenvalue weighted by Gasteiger charge is 2.07. The van der Waals surface area contributed by atoms with Crippen LogP contribution in [0.4, 0.5) is 23.1 Å². The number of hydrazine groups is 1. The van der Waals surface area contributed by atoms with Crippen molar-refractivity contribution in [2.45, 2.75) is 6.92 Å². The number of nitrogen functional groups attached to an aromatic ring is 1. The highest BCUT2D eigenvalue weighted by atomic mass is 35.5. The van der Waals surface area contributed by atoms with Gasteiger partial charge in [-0.3, -0.25) is 5.43 Å². The molecule has 0 fully saturated rings. The van der Waals surface area contributed by atoms with Gasteiger partial charge in [0.05, 0.1) is 6.20 Å². The first kappa shape index (κ1) is 14.4. The fourth-order valence-corrected chi connectivity index (χ4v) is 1.97. The van der Waals surface area contributed by atoms with Gasteiger partial charge in [0.25, 0.3) is 0 Å². The van der Waals surface area contributed by atoms with E-state index in [1.165, 1.54) is 11.8 Å². The Labute approximate surface area is 122 Å². The average molecular weight is 293 g/mol. The van der Waals surface area contributed by atoms with Crippen molar-refractivity contribution in [2.24, 2.45) is 5.84 Å². The van der Waals surface area contributed by atoms with E-state index in [2.05, 4.69) is 32.5 Å². The van der Waals surface area contributed by atoms with E-state index in [1.807, 2.05) is 32.3 Å². The predicted octanol–water partition coefficient (Wildman–Crippen LogP) is 2.53. The number of halogens is 1. The Morgan fingerprint density at radius 1 is 1.30 bits per heavy atom. The maximum Gasteiger partial charge on any atom is 0.239 e. The zero-order valence-corrected chi connectivity index (χ0v) is 12.4. The number of nitrogens with one attached hydrogen (secondary N) is 2. The number of nitrogens with two attached hydrogens (primary N) is 1. The van der Waals surface area contributed by atoms with Crippen molar-refractivity contribution in [2.75, 3.05) is 29.7 Å². The van der Waals surface area contributed by atoms with Crippen LogP contribution in [0, 0.1) is 6.92 Å². The number of hydrogen-bond acceptors (Lipinski definition) is 6. The van der Waals surface area contributed by atoms with Gasteiger partial charge in [-0.2, -0.15) is 4.98 Å². The molecule has 0 unspecified atom stereocenters. The maximum absolute atomic E-state index is 6.07. The van der Waals surface area contributed by atoms with Crippen molar-refractivity contribution in [3.05, 3.63) is 35.0 Å². The average Bonchev–Trinajstić information content (AvgIpc) is 2.43. The zero-order chi connectivity index (χ0) is 14.7.